The van der Waals surface area contributed by atoms with E-state index in [0.717, 1.165) is 6.07 Å². The van der Waals surface area contributed by atoms with Crippen molar-refractivity contribution in [2.45, 2.75) is 18.9 Å². The third kappa shape index (κ3) is 2.77. The summed E-state index contributed by atoms with van der Waals surface area (Å²) < 4.78 is 18.7. The van der Waals surface area contributed by atoms with Crippen LogP contribution in [-0.2, 0) is 4.79 Å². The Bertz CT molecular complexity index is 489. The highest BCUT2D eigenvalue weighted by Crippen LogP contribution is 2.19. The van der Waals surface area contributed by atoms with E-state index in [4.69, 9.17) is 9.84 Å². The summed E-state index contributed by atoms with van der Waals surface area (Å²) in [5.74, 6) is -1.96. The van der Waals surface area contributed by atoms with Crippen molar-refractivity contribution in [3.8, 4) is 5.75 Å². The molecule has 1 saturated heterocycles. The van der Waals surface area contributed by atoms with Gasteiger partial charge in [-0.3, -0.25) is 4.79 Å². The van der Waals surface area contributed by atoms with Gasteiger partial charge >= 0.3 is 5.97 Å². The maximum atomic E-state index is 13.5. The number of carbonyl (C=O) groups is 2. The summed E-state index contributed by atoms with van der Waals surface area (Å²) in [5, 5.41) is 11.4. The molecule has 1 aromatic rings. The van der Waals surface area contributed by atoms with Gasteiger partial charge in [0.1, 0.15) is 6.61 Å². The number of hydrogen-bond acceptors (Lipinski definition) is 3. The largest absolute Gasteiger partial charge is 0.488 e. The number of carboxylic acids is 1. The van der Waals surface area contributed by atoms with Crippen LogP contribution in [-0.4, -0.2) is 29.6 Å². The summed E-state index contributed by atoms with van der Waals surface area (Å²) in [7, 11) is 0. The Labute approximate surface area is 103 Å². The molecule has 18 heavy (non-hydrogen) atoms. The van der Waals surface area contributed by atoms with Gasteiger partial charge in [0.15, 0.2) is 11.6 Å². The second-order valence-electron chi connectivity index (χ2n) is 4.06. The first-order chi connectivity index (χ1) is 8.56. The van der Waals surface area contributed by atoms with Gasteiger partial charge in [0, 0.05) is 6.42 Å². The summed E-state index contributed by atoms with van der Waals surface area (Å²) in [5.41, 5.74) is -0.131. The van der Waals surface area contributed by atoms with Crippen LogP contribution in [0.4, 0.5) is 4.39 Å². The first kappa shape index (κ1) is 12.3. The van der Waals surface area contributed by atoms with Crippen LogP contribution in [0.3, 0.4) is 0 Å². The van der Waals surface area contributed by atoms with E-state index < -0.39 is 11.8 Å². The van der Waals surface area contributed by atoms with Gasteiger partial charge in [-0.05, 0) is 24.6 Å². The maximum Gasteiger partial charge on any atom is 0.335 e. The molecule has 2 N–H and O–H groups in total. The second kappa shape index (κ2) is 5.03. The lowest BCUT2D eigenvalue weighted by molar-refractivity contribution is -0.119. The Hall–Kier alpha value is -2.11. The smallest absolute Gasteiger partial charge is 0.335 e. The van der Waals surface area contributed by atoms with Crippen molar-refractivity contribution in [1.29, 1.82) is 0 Å². The molecule has 0 aliphatic carbocycles. The minimum atomic E-state index is -1.19. The molecule has 2 rings (SSSR count). The standard InChI is InChI=1S/C12H12FNO4/c13-9-5-7(12(16)17)1-3-10(9)18-6-8-2-4-11(15)14-8/h1,3,5,8H,2,4,6H2,(H,14,15)(H,16,17). The third-order valence-electron chi connectivity index (χ3n) is 2.70. The van der Waals surface area contributed by atoms with E-state index in [2.05, 4.69) is 5.32 Å². The fourth-order valence-electron chi connectivity index (χ4n) is 1.74. The van der Waals surface area contributed by atoms with Gasteiger partial charge in [0.2, 0.25) is 5.91 Å². The molecule has 0 aromatic heterocycles. The van der Waals surface area contributed by atoms with Crippen LogP contribution in [0.1, 0.15) is 23.2 Å². The number of rotatable bonds is 4. The summed E-state index contributed by atoms with van der Waals surface area (Å²) in [6.45, 7) is 0.176. The Morgan fingerprint density at radius 3 is 2.89 bits per heavy atom. The third-order valence-corrected chi connectivity index (χ3v) is 2.70. The average Bonchev–Trinajstić information content (AvgIpc) is 2.73. The lowest BCUT2D eigenvalue weighted by atomic mass is 10.2. The highest BCUT2D eigenvalue weighted by molar-refractivity contribution is 5.87. The summed E-state index contributed by atoms with van der Waals surface area (Å²) in [6, 6.07) is 3.34. The SMILES string of the molecule is O=C1CCC(COc2ccc(C(=O)O)cc2F)N1. The number of aromatic carboxylic acids is 1. The van der Waals surface area contributed by atoms with Crippen molar-refractivity contribution < 1.29 is 23.8 Å². The van der Waals surface area contributed by atoms with Crippen LogP contribution in [0.15, 0.2) is 18.2 Å². The normalized spacial score (nSPS) is 18.5. The van der Waals surface area contributed by atoms with E-state index in [-0.39, 0.29) is 29.9 Å². The number of hydrogen-bond donors (Lipinski definition) is 2. The van der Waals surface area contributed by atoms with E-state index in [1.165, 1.54) is 12.1 Å². The number of nitrogens with one attached hydrogen (secondary N) is 1. The van der Waals surface area contributed by atoms with E-state index in [9.17, 15) is 14.0 Å². The molecular weight excluding hydrogens is 241 g/mol. The van der Waals surface area contributed by atoms with Gasteiger partial charge in [-0.1, -0.05) is 0 Å². The first-order valence-electron chi connectivity index (χ1n) is 5.51. The predicted octanol–water partition coefficient (Wildman–Crippen LogP) is 1.18. The molecular formula is C12H12FNO4. The fourth-order valence-corrected chi connectivity index (χ4v) is 1.74. The topological polar surface area (TPSA) is 75.6 Å². The Morgan fingerprint density at radius 2 is 2.33 bits per heavy atom. The van der Waals surface area contributed by atoms with Gasteiger partial charge in [-0.15, -0.1) is 0 Å². The summed E-state index contributed by atoms with van der Waals surface area (Å²) >= 11 is 0. The van der Waals surface area contributed by atoms with Crippen molar-refractivity contribution in [3.05, 3.63) is 29.6 Å². The zero-order valence-electron chi connectivity index (χ0n) is 9.48. The first-order valence-corrected chi connectivity index (χ1v) is 5.51. The summed E-state index contributed by atoms with van der Waals surface area (Å²) in [4.78, 5) is 21.6. The van der Waals surface area contributed by atoms with E-state index in [1.807, 2.05) is 0 Å². The second-order valence-corrected chi connectivity index (χ2v) is 4.06. The minimum Gasteiger partial charge on any atom is -0.488 e. The molecule has 1 amide bonds. The molecule has 1 aliphatic heterocycles. The molecule has 6 heteroatoms. The van der Waals surface area contributed by atoms with Crippen LogP contribution in [0, 0.1) is 5.82 Å². The van der Waals surface area contributed by atoms with Crippen molar-refractivity contribution >= 4 is 11.9 Å². The Balaban J connectivity index is 1.97. The lowest BCUT2D eigenvalue weighted by Gasteiger charge is -2.12. The van der Waals surface area contributed by atoms with Crippen molar-refractivity contribution in [2.75, 3.05) is 6.61 Å². The molecule has 1 heterocycles. The van der Waals surface area contributed by atoms with Crippen molar-refractivity contribution in [3.63, 3.8) is 0 Å². The van der Waals surface area contributed by atoms with Crippen LogP contribution in [0.25, 0.3) is 0 Å². The van der Waals surface area contributed by atoms with Gasteiger partial charge < -0.3 is 15.2 Å². The molecule has 5 nitrogen and oxygen atoms in total. The summed E-state index contributed by atoms with van der Waals surface area (Å²) in [6.07, 6.45) is 1.11. The molecule has 0 radical (unpaired) electrons. The van der Waals surface area contributed by atoms with Crippen LogP contribution < -0.4 is 10.1 Å². The monoisotopic (exact) mass is 253 g/mol. The Kier molecular flexibility index (Phi) is 3.45. The van der Waals surface area contributed by atoms with Gasteiger partial charge in [-0.2, -0.15) is 0 Å². The minimum absolute atomic E-state index is 0.0128. The molecule has 1 aromatic carbocycles. The van der Waals surface area contributed by atoms with E-state index >= 15 is 0 Å². The van der Waals surface area contributed by atoms with Crippen LogP contribution in [0.5, 0.6) is 5.75 Å². The molecule has 0 spiro atoms. The maximum absolute atomic E-state index is 13.5. The molecule has 1 fully saturated rings. The quantitative estimate of drug-likeness (QED) is 0.844. The van der Waals surface area contributed by atoms with Crippen LogP contribution >= 0.6 is 0 Å². The van der Waals surface area contributed by atoms with Crippen molar-refractivity contribution in [1.82, 2.24) is 5.32 Å². The number of halogens is 1. The molecule has 0 bridgehead atoms. The van der Waals surface area contributed by atoms with E-state index in [0.29, 0.717) is 12.8 Å². The Morgan fingerprint density at radius 1 is 1.56 bits per heavy atom. The molecule has 1 atom stereocenters. The zero-order valence-corrected chi connectivity index (χ0v) is 9.48. The average molecular weight is 253 g/mol. The number of carbonyl (C=O) groups excluding carboxylic acids is 1. The highest BCUT2D eigenvalue weighted by atomic mass is 19.1. The molecule has 96 valence electrons. The van der Waals surface area contributed by atoms with Gasteiger partial charge in [0.25, 0.3) is 0 Å². The van der Waals surface area contributed by atoms with Gasteiger partial charge in [-0.25, -0.2) is 9.18 Å². The van der Waals surface area contributed by atoms with Gasteiger partial charge in [0.05, 0.1) is 11.6 Å². The molecule has 1 aliphatic rings. The number of amides is 1. The molecule has 1 unspecified atom stereocenters. The zero-order chi connectivity index (χ0) is 13.1. The predicted molar refractivity (Wildman–Crippen MR) is 60.0 cm³/mol. The number of carboxylic acid groups (broad SMARTS) is 1. The number of ether oxygens (including phenoxy) is 1. The van der Waals surface area contributed by atoms with Crippen LogP contribution in [0.2, 0.25) is 0 Å². The lowest BCUT2D eigenvalue weighted by Crippen LogP contribution is -2.31. The number of benzene rings is 1. The molecule has 0 saturated carbocycles. The van der Waals surface area contributed by atoms with E-state index in [1.54, 1.807) is 0 Å². The van der Waals surface area contributed by atoms with Crippen molar-refractivity contribution in [2.24, 2.45) is 0 Å². The fraction of sp³-hybridized carbons (Fsp3) is 0.333. The highest BCUT2D eigenvalue weighted by Gasteiger charge is 2.21.